The van der Waals surface area contributed by atoms with Crippen molar-refractivity contribution in [1.82, 2.24) is 5.06 Å². The van der Waals surface area contributed by atoms with Gasteiger partial charge in [-0.05, 0) is 51.9 Å². The molecule has 1 aliphatic carbocycles. The first kappa shape index (κ1) is 14.9. The lowest BCUT2D eigenvalue weighted by Gasteiger charge is -2.13. The fourth-order valence-electron chi connectivity index (χ4n) is 2.32. The molecular weight excluding hydrogens is 328 g/mol. The number of hydrogen-bond donors (Lipinski definition) is 2. The summed E-state index contributed by atoms with van der Waals surface area (Å²) in [6.07, 6.45) is 0.895. The van der Waals surface area contributed by atoms with Gasteiger partial charge in [0, 0.05) is 0 Å². The van der Waals surface area contributed by atoms with E-state index in [1.807, 2.05) is 12.1 Å². The average Bonchev–Trinajstić information content (AvgIpc) is 3.16. The average molecular weight is 345 g/mol. The van der Waals surface area contributed by atoms with Crippen LogP contribution < -0.4 is 15.2 Å². The number of carbonyl (C=O) groups excluding carboxylic acids is 1. The van der Waals surface area contributed by atoms with Crippen LogP contribution in [0.3, 0.4) is 0 Å². The minimum Gasteiger partial charge on any atom is -0.493 e. The van der Waals surface area contributed by atoms with E-state index >= 15 is 0 Å². The highest BCUT2D eigenvalue weighted by Crippen LogP contribution is 2.50. The number of halogens is 1. The highest BCUT2D eigenvalue weighted by Gasteiger charge is 2.40. The van der Waals surface area contributed by atoms with Crippen LogP contribution in [0.2, 0.25) is 0 Å². The number of carbonyl (C=O) groups is 1. The molecule has 2 rings (SSSR count). The molecule has 0 heterocycles. The van der Waals surface area contributed by atoms with Gasteiger partial charge in [0.25, 0.3) is 0 Å². The second-order valence-corrected chi connectivity index (χ2v) is 5.62. The molecular formula is C13H17BrN2O4. The summed E-state index contributed by atoms with van der Waals surface area (Å²) < 4.78 is 11.4. The normalized spacial score (nSPS) is 20.4. The molecule has 2 amide bonds. The van der Waals surface area contributed by atoms with Gasteiger partial charge >= 0.3 is 6.03 Å². The second-order valence-electron chi connectivity index (χ2n) is 4.76. The van der Waals surface area contributed by atoms with E-state index in [1.54, 1.807) is 14.2 Å². The minimum atomic E-state index is -0.829. The number of rotatable bonds is 5. The molecule has 20 heavy (non-hydrogen) atoms. The van der Waals surface area contributed by atoms with Crippen LogP contribution in [0.15, 0.2) is 16.6 Å². The molecule has 1 aromatic rings. The van der Waals surface area contributed by atoms with Gasteiger partial charge in [0.2, 0.25) is 0 Å². The first-order valence-electron chi connectivity index (χ1n) is 6.15. The van der Waals surface area contributed by atoms with Crippen molar-refractivity contribution in [2.75, 3.05) is 20.8 Å². The topological polar surface area (TPSA) is 85.0 Å². The Balaban J connectivity index is 2.12. The summed E-state index contributed by atoms with van der Waals surface area (Å²) in [4.78, 5) is 10.8. The molecule has 0 spiro atoms. The van der Waals surface area contributed by atoms with E-state index in [0.29, 0.717) is 16.6 Å². The fraction of sp³-hybridized carbons (Fsp3) is 0.462. The van der Waals surface area contributed by atoms with Gasteiger partial charge in [-0.25, -0.2) is 9.86 Å². The van der Waals surface area contributed by atoms with Gasteiger partial charge in [-0.3, -0.25) is 5.21 Å². The Morgan fingerprint density at radius 2 is 2.20 bits per heavy atom. The molecule has 0 aromatic heterocycles. The summed E-state index contributed by atoms with van der Waals surface area (Å²) >= 11 is 3.45. The number of hydroxylamine groups is 2. The summed E-state index contributed by atoms with van der Waals surface area (Å²) in [7, 11) is 3.17. The smallest absolute Gasteiger partial charge is 0.338 e. The van der Waals surface area contributed by atoms with Gasteiger partial charge in [0.1, 0.15) is 0 Å². The van der Waals surface area contributed by atoms with Crippen molar-refractivity contribution in [2.24, 2.45) is 11.7 Å². The molecule has 7 heteroatoms. The molecule has 2 unspecified atom stereocenters. The number of amides is 2. The molecule has 0 aliphatic heterocycles. The van der Waals surface area contributed by atoms with Gasteiger partial charge in [-0.1, -0.05) is 0 Å². The van der Waals surface area contributed by atoms with Crippen LogP contribution in [0.5, 0.6) is 11.5 Å². The fourth-order valence-corrected chi connectivity index (χ4v) is 2.94. The molecule has 1 aromatic carbocycles. The maximum atomic E-state index is 10.8. The maximum Gasteiger partial charge on any atom is 0.338 e. The van der Waals surface area contributed by atoms with Crippen molar-refractivity contribution in [3.05, 3.63) is 22.2 Å². The third-order valence-electron chi connectivity index (χ3n) is 3.47. The van der Waals surface area contributed by atoms with Gasteiger partial charge in [-0.2, -0.15) is 0 Å². The first-order valence-corrected chi connectivity index (χ1v) is 6.94. The number of benzene rings is 1. The number of primary amides is 1. The molecule has 3 N–H and O–H groups in total. The monoisotopic (exact) mass is 344 g/mol. The van der Waals surface area contributed by atoms with Crippen LogP contribution >= 0.6 is 15.9 Å². The van der Waals surface area contributed by atoms with E-state index in [9.17, 15) is 10.0 Å². The van der Waals surface area contributed by atoms with Gasteiger partial charge in [0.15, 0.2) is 11.5 Å². The zero-order valence-electron chi connectivity index (χ0n) is 11.3. The highest BCUT2D eigenvalue weighted by atomic mass is 79.9. The standard InChI is InChI=1S/C13H17BrN2O4/c1-19-11-5-7(4-10(14)12(11)20-2)9-3-8(9)6-16(18)13(15)17/h4-5,8-9,18H,3,6H2,1-2H3,(H2,15,17). The van der Waals surface area contributed by atoms with E-state index in [-0.39, 0.29) is 18.4 Å². The predicted molar refractivity (Wildman–Crippen MR) is 76.2 cm³/mol. The molecule has 6 nitrogen and oxygen atoms in total. The molecule has 1 saturated carbocycles. The number of nitrogens with two attached hydrogens (primary N) is 1. The van der Waals surface area contributed by atoms with Gasteiger partial charge in [-0.15, -0.1) is 0 Å². The second kappa shape index (κ2) is 5.88. The minimum absolute atomic E-state index is 0.206. The van der Waals surface area contributed by atoms with Crippen molar-refractivity contribution in [3.63, 3.8) is 0 Å². The molecule has 1 fully saturated rings. The van der Waals surface area contributed by atoms with Crippen molar-refractivity contribution in [2.45, 2.75) is 12.3 Å². The molecule has 110 valence electrons. The number of methoxy groups -OCH3 is 2. The lowest BCUT2D eigenvalue weighted by molar-refractivity contribution is -0.0431. The zero-order chi connectivity index (χ0) is 14.9. The Morgan fingerprint density at radius 1 is 1.50 bits per heavy atom. The van der Waals surface area contributed by atoms with E-state index in [4.69, 9.17) is 15.2 Å². The van der Waals surface area contributed by atoms with Crippen molar-refractivity contribution < 1.29 is 19.5 Å². The van der Waals surface area contributed by atoms with Crippen LogP contribution in [-0.2, 0) is 0 Å². The SMILES string of the molecule is COc1cc(C2CC2CN(O)C(N)=O)cc(Br)c1OC. The molecule has 0 saturated heterocycles. The van der Waals surface area contributed by atoms with Gasteiger partial charge in [0.05, 0.1) is 25.2 Å². The number of hydrogen-bond acceptors (Lipinski definition) is 4. The molecule has 2 atom stereocenters. The van der Waals surface area contributed by atoms with E-state index in [2.05, 4.69) is 15.9 Å². The van der Waals surface area contributed by atoms with Crippen LogP contribution in [0.25, 0.3) is 0 Å². The van der Waals surface area contributed by atoms with Crippen molar-refractivity contribution >= 4 is 22.0 Å². The number of urea groups is 1. The number of ether oxygens (including phenoxy) is 2. The Kier molecular flexibility index (Phi) is 4.39. The van der Waals surface area contributed by atoms with E-state index in [0.717, 1.165) is 16.5 Å². The maximum absolute atomic E-state index is 10.8. The lowest BCUT2D eigenvalue weighted by atomic mass is 10.1. The Morgan fingerprint density at radius 3 is 2.75 bits per heavy atom. The largest absolute Gasteiger partial charge is 0.493 e. The summed E-state index contributed by atoms with van der Waals surface area (Å²) in [5, 5.41) is 9.90. The third-order valence-corrected chi connectivity index (χ3v) is 4.06. The van der Waals surface area contributed by atoms with Crippen molar-refractivity contribution in [1.29, 1.82) is 0 Å². The van der Waals surface area contributed by atoms with Gasteiger partial charge < -0.3 is 15.2 Å². The number of nitrogens with zero attached hydrogens (tertiary/aromatic N) is 1. The van der Waals surface area contributed by atoms with Crippen molar-refractivity contribution in [3.8, 4) is 11.5 Å². The Bertz CT molecular complexity index is 523. The summed E-state index contributed by atoms with van der Waals surface area (Å²) in [5.41, 5.74) is 6.08. The molecule has 0 bridgehead atoms. The van der Waals surface area contributed by atoms with Crippen LogP contribution in [0.4, 0.5) is 4.79 Å². The van der Waals surface area contributed by atoms with E-state index < -0.39 is 6.03 Å². The predicted octanol–water partition coefficient (Wildman–Crippen LogP) is 2.34. The summed E-state index contributed by atoms with van der Waals surface area (Å²) in [6, 6.07) is 3.06. The van der Waals surface area contributed by atoms with Crippen LogP contribution in [0.1, 0.15) is 17.9 Å². The Hall–Kier alpha value is -1.47. The highest BCUT2D eigenvalue weighted by molar-refractivity contribution is 9.10. The van der Waals surface area contributed by atoms with Crippen LogP contribution in [0, 0.1) is 5.92 Å². The molecule has 0 radical (unpaired) electrons. The first-order chi connectivity index (χ1) is 9.47. The summed E-state index contributed by atoms with van der Waals surface area (Å²) in [6.45, 7) is 0.242. The van der Waals surface area contributed by atoms with Crippen LogP contribution in [-0.4, -0.2) is 37.1 Å². The quantitative estimate of drug-likeness (QED) is 0.634. The molecule has 1 aliphatic rings. The third kappa shape index (κ3) is 2.99. The van der Waals surface area contributed by atoms with E-state index in [1.165, 1.54) is 0 Å². The summed E-state index contributed by atoms with van der Waals surface area (Å²) in [5.74, 6) is 1.78. The Labute approximate surface area is 125 Å². The zero-order valence-corrected chi connectivity index (χ0v) is 12.9. The lowest BCUT2D eigenvalue weighted by Crippen LogP contribution is -2.34.